The Bertz CT molecular complexity index is 883. The number of carbonyl (C=O) groups excluding carboxylic acids is 1. The van der Waals surface area contributed by atoms with Gasteiger partial charge in [0.15, 0.2) is 11.5 Å². The van der Waals surface area contributed by atoms with Gasteiger partial charge in [-0.3, -0.25) is 9.69 Å². The number of amides is 1. The van der Waals surface area contributed by atoms with Crippen LogP contribution in [0.2, 0.25) is 0 Å². The van der Waals surface area contributed by atoms with E-state index in [9.17, 15) is 4.79 Å². The minimum absolute atomic E-state index is 0.0441. The van der Waals surface area contributed by atoms with Crippen LogP contribution in [0.1, 0.15) is 36.8 Å². The zero-order chi connectivity index (χ0) is 19.3. The van der Waals surface area contributed by atoms with E-state index >= 15 is 0 Å². The van der Waals surface area contributed by atoms with E-state index in [4.69, 9.17) is 14.7 Å². The van der Waals surface area contributed by atoms with E-state index in [1.165, 1.54) is 12.8 Å². The second-order valence-electron chi connectivity index (χ2n) is 7.27. The number of hydrogen-bond donors (Lipinski definition) is 1. The second-order valence-corrected chi connectivity index (χ2v) is 7.27. The van der Waals surface area contributed by atoms with E-state index in [1.54, 1.807) is 24.3 Å². The number of nitrogens with zero attached hydrogens (tertiary/aromatic N) is 2. The van der Waals surface area contributed by atoms with E-state index in [1.807, 2.05) is 18.2 Å². The van der Waals surface area contributed by atoms with E-state index in [-0.39, 0.29) is 12.7 Å². The van der Waals surface area contributed by atoms with Crippen LogP contribution in [0, 0.1) is 11.3 Å². The molecule has 1 aliphatic heterocycles. The number of rotatable bonds is 6. The fourth-order valence-electron chi connectivity index (χ4n) is 3.87. The molecule has 1 aliphatic carbocycles. The third-order valence-corrected chi connectivity index (χ3v) is 5.31. The predicted octanol–water partition coefficient (Wildman–Crippen LogP) is 3.67. The summed E-state index contributed by atoms with van der Waals surface area (Å²) in [5.74, 6) is 1.50. The standard InChI is InChI=1S/C22H23N3O3/c23-12-16-5-8-18(9-6-16)24-22(26)14-25(19-3-1-2-4-19)13-17-7-10-20-21(11-17)28-15-27-20/h5-11,19H,1-4,13-15H2,(H,24,26). The fourth-order valence-corrected chi connectivity index (χ4v) is 3.87. The zero-order valence-electron chi connectivity index (χ0n) is 15.7. The van der Waals surface area contributed by atoms with E-state index in [0.29, 0.717) is 30.4 Å². The van der Waals surface area contributed by atoms with Gasteiger partial charge < -0.3 is 14.8 Å². The van der Waals surface area contributed by atoms with Crippen LogP contribution < -0.4 is 14.8 Å². The van der Waals surface area contributed by atoms with Gasteiger partial charge in [0, 0.05) is 18.3 Å². The number of nitriles is 1. The molecule has 2 aromatic carbocycles. The molecule has 0 saturated heterocycles. The average molecular weight is 377 g/mol. The van der Waals surface area contributed by atoms with Gasteiger partial charge >= 0.3 is 0 Å². The topological polar surface area (TPSA) is 74.6 Å². The highest BCUT2D eigenvalue weighted by Gasteiger charge is 2.25. The molecule has 0 atom stereocenters. The van der Waals surface area contributed by atoms with Crippen molar-refractivity contribution in [2.24, 2.45) is 0 Å². The van der Waals surface area contributed by atoms with Crippen LogP contribution in [0.4, 0.5) is 5.69 Å². The lowest BCUT2D eigenvalue weighted by molar-refractivity contribution is -0.118. The molecule has 144 valence electrons. The first-order valence-corrected chi connectivity index (χ1v) is 9.64. The predicted molar refractivity (Wildman–Crippen MR) is 105 cm³/mol. The van der Waals surface area contributed by atoms with Crippen molar-refractivity contribution in [3.8, 4) is 17.6 Å². The van der Waals surface area contributed by atoms with Crippen molar-refractivity contribution in [1.82, 2.24) is 4.90 Å². The molecule has 1 heterocycles. The molecule has 0 unspecified atom stereocenters. The summed E-state index contributed by atoms with van der Waals surface area (Å²) in [7, 11) is 0. The Balaban J connectivity index is 1.43. The van der Waals surface area contributed by atoms with Crippen molar-refractivity contribution in [2.45, 2.75) is 38.3 Å². The summed E-state index contributed by atoms with van der Waals surface area (Å²) in [6, 6.07) is 15.4. The van der Waals surface area contributed by atoms with Crippen LogP contribution in [0.15, 0.2) is 42.5 Å². The molecule has 2 aromatic rings. The summed E-state index contributed by atoms with van der Waals surface area (Å²) in [5.41, 5.74) is 2.40. The fraction of sp³-hybridized carbons (Fsp3) is 0.364. The number of benzene rings is 2. The minimum atomic E-state index is -0.0441. The van der Waals surface area contributed by atoms with Crippen molar-refractivity contribution in [2.75, 3.05) is 18.7 Å². The number of fused-ring (bicyclic) bond motifs is 1. The lowest BCUT2D eigenvalue weighted by Crippen LogP contribution is -2.39. The minimum Gasteiger partial charge on any atom is -0.454 e. The molecule has 1 amide bonds. The Hall–Kier alpha value is -3.04. The van der Waals surface area contributed by atoms with Crippen LogP contribution in [-0.2, 0) is 11.3 Å². The third kappa shape index (κ3) is 4.26. The van der Waals surface area contributed by atoms with Crippen molar-refractivity contribution in [3.63, 3.8) is 0 Å². The van der Waals surface area contributed by atoms with Gasteiger partial charge in [-0.25, -0.2) is 0 Å². The summed E-state index contributed by atoms with van der Waals surface area (Å²) in [5, 5.41) is 11.8. The molecule has 2 aliphatic rings. The Labute approximate surface area is 164 Å². The molecule has 6 nitrogen and oxygen atoms in total. The van der Waals surface area contributed by atoms with Crippen molar-refractivity contribution in [1.29, 1.82) is 5.26 Å². The highest BCUT2D eigenvalue weighted by molar-refractivity contribution is 5.92. The summed E-state index contributed by atoms with van der Waals surface area (Å²) in [4.78, 5) is 14.9. The van der Waals surface area contributed by atoms with Crippen LogP contribution >= 0.6 is 0 Å². The quantitative estimate of drug-likeness (QED) is 0.831. The largest absolute Gasteiger partial charge is 0.454 e. The Kier molecular flexibility index (Phi) is 5.45. The Morgan fingerprint density at radius 3 is 2.61 bits per heavy atom. The first kappa shape index (κ1) is 18.3. The van der Waals surface area contributed by atoms with Crippen LogP contribution in [0.3, 0.4) is 0 Å². The normalized spacial score (nSPS) is 15.6. The van der Waals surface area contributed by atoms with Gasteiger partial charge in [0.2, 0.25) is 12.7 Å². The molecule has 1 fully saturated rings. The maximum atomic E-state index is 12.6. The first-order valence-electron chi connectivity index (χ1n) is 9.64. The Morgan fingerprint density at radius 1 is 1.11 bits per heavy atom. The molecular formula is C22H23N3O3. The average Bonchev–Trinajstić information content (AvgIpc) is 3.39. The van der Waals surface area contributed by atoms with Gasteiger partial charge in [-0.2, -0.15) is 5.26 Å². The monoisotopic (exact) mass is 377 g/mol. The summed E-state index contributed by atoms with van der Waals surface area (Å²) in [6.07, 6.45) is 4.66. The lowest BCUT2D eigenvalue weighted by atomic mass is 10.1. The van der Waals surface area contributed by atoms with Crippen LogP contribution in [0.25, 0.3) is 0 Å². The van der Waals surface area contributed by atoms with Crippen molar-refractivity contribution >= 4 is 11.6 Å². The molecule has 0 bridgehead atoms. The Morgan fingerprint density at radius 2 is 1.86 bits per heavy atom. The molecule has 4 rings (SSSR count). The van der Waals surface area contributed by atoms with Gasteiger partial charge in [0.1, 0.15) is 0 Å². The third-order valence-electron chi connectivity index (χ3n) is 5.31. The smallest absolute Gasteiger partial charge is 0.238 e. The molecule has 0 aromatic heterocycles. The van der Waals surface area contributed by atoms with Gasteiger partial charge in [0.05, 0.1) is 18.2 Å². The molecular weight excluding hydrogens is 354 g/mol. The zero-order valence-corrected chi connectivity index (χ0v) is 15.7. The molecule has 6 heteroatoms. The molecule has 1 N–H and O–H groups in total. The SMILES string of the molecule is N#Cc1ccc(NC(=O)CN(Cc2ccc3c(c2)OCO3)C2CCCC2)cc1. The maximum absolute atomic E-state index is 12.6. The van der Waals surface area contributed by atoms with Crippen LogP contribution in [0.5, 0.6) is 11.5 Å². The lowest BCUT2D eigenvalue weighted by Gasteiger charge is -2.28. The first-order chi connectivity index (χ1) is 13.7. The van der Waals surface area contributed by atoms with E-state index in [2.05, 4.69) is 16.3 Å². The van der Waals surface area contributed by atoms with E-state index in [0.717, 1.165) is 29.9 Å². The van der Waals surface area contributed by atoms with Crippen molar-refractivity contribution in [3.05, 3.63) is 53.6 Å². The van der Waals surface area contributed by atoms with Crippen molar-refractivity contribution < 1.29 is 14.3 Å². The molecule has 1 saturated carbocycles. The second kappa shape index (κ2) is 8.32. The number of hydrogen-bond acceptors (Lipinski definition) is 5. The van der Waals surface area contributed by atoms with Gasteiger partial charge in [-0.05, 0) is 54.8 Å². The maximum Gasteiger partial charge on any atom is 0.238 e. The van der Waals surface area contributed by atoms with Gasteiger partial charge in [-0.1, -0.05) is 18.9 Å². The number of ether oxygens (including phenoxy) is 2. The number of anilines is 1. The van der Waals surface area contributed by atoms with Gasteiger partial charge in [-0.15, -0.1) is 0 Å². The number of carbonyl (C=O) groups is 1. The highest BCUT2D eigenvalue weighted by atomic mass is 16.7. The van der Waals surface area contributed by atoms with Crippen LogP contribution in [-0.4, -0.2) is 30.2 Å². The summed E-state index contributed by atoms with van der Waals surface area (Å²) >= 11 is 0. The number of nitrogens with one attached hydrogen (secondary N) is 1. The highest BCUT2D eigenvalue weighted by Crippen LogP contribution is 2.33. The molecule has 0 radical (unpaired) electrons. The van der Waals surface area contributed by atoms with E-state index < -0.39 is 0 Å². The summed E-state index contributed by atoms with van der Waals surface area (Å²) < 4.78 is 10.9. The molecule has 28 heavy (non-hydrogen) atoms. The molecule has 0 spiro atoms. The van der Waals surface area contributed by atoms with Gasteiger partial charge in [0.25, 0.3) is 0 Å². The summed E-state index contributed by atoms with van der Waals surface area (Å²) in [6.45, 7) is 1.29.